The third-order valence-electron chi connectivity index (χ3n) is 7.82. The van der Waals surface area contributed by atoms with Crippen LogP contribution < -0.4 is 4.74 Å². The summed E-state index contributed by atoms with van der Waals surface area (Å²) in [5.41, 5.74) is 0.995. The maximum atomic E-state index is 14.7. The minimum atomic E-state index is -0.367. The second-order valence-electron chi connectivity index (χ2n) is 9.87. The number of benzene rings is 1. The lowest BCUT2D eigenvalue weighted by Gasteiger charge is -2.38. The van der Waals surface area contributed by atoms with Crippen LogP contribution in [0.15, 0.2) is 12.1 Å². The van der Waals surface area contributed by atoms with Gasteiger partial charge in [0.05, 0.1) is 11.6 Å². The number of rotatable bonds is 10. The van der Waals surface area contributed by atoms with Crippen molar-refractivity contribution in [1.82, 2.24) is 0 Å². The number of hydrogen-bond donors (Lipinski definition) is 0. The van der Waals surface area contributed by atoms with E-state index in [0.717, 1.165) is 49.0 Å². The molecule has 170 valence electrons. The molecule has 2 saturated carbocycles. The van der Waals surface area contributed by atoms with Crippen LogP contribution in [0, 0.1) is 23.6 Å². The molecule has 0 aliphatic heterocycles. The first-order valence-corrected chi connectivity index (χ1v) is 13.1. The molecule has 1 nitrogen and oxygen atoms in total. The van der Waals surface area contributed by atoms with E-state index in [0.29, 0.717) is 23.3 Å². The van der Waals surface area contributed by atoms with Gasteiger partial charge in [-0.05, 0) is 80.2 Å². The van der Waals surface area contributed by atoms with Gasteiger partial charge < -0.3 is 4.74 Å². The first-order chi connectivity index (χ1) is 14.6. The Kier molecular flexibility index (Phi) is 9.81. The van der Waals surface area contributed by atoms with Crippen LogP contribution in [-0.2, 0) is 0 Å². The molecule has 0 bridgehead atoms. The number of unbranched alkanes of at least 4 members (excludes halogenated alkanes) is 3. The van der Waals surface area contributed by atoms with Gasteiger partial charge in [0.2, 0.25) is 0 Å². The molecule has 0 aromatic heterocycles. The molecule has 2 fully saturated rings. The Balaban J connectivity index is 1.47. The Morgan fingerprint density at radius 3 is 2.13 bits per heavy atom. The van der Waals surface area contributed by atoms with Crippen LogP contribution in [0.25, 0.3) is 0 Å². The van der Waals surface area contributed by atoms with E-state index in [1.807, 2.05) is 6.07 Å². The molecule has 2 aliphatic rings. The maximum Gasteiger partial charge on any atom is 0.183 e. The highest BCUT2D eigenvalue weighted by atomic mass is 35.5. The van der Waals surface area contributed by atoms with Gasteiger partial charge in [-0.3, -0.25) is 0 Å². The average molecular weight is 437 g/mol. The highest BCUT2D eigenvalue weighted by Crippen LogP contribution is 2.46. The zero-order valence-electron chi connectivity index (χ0n) is 19.2. The fourth-order valence-corrected chi connectivity index (χ4v) is 6.14. The monoisotopic (exact) mass is 436 g/mol. The largest absolute Gasteiger partial charge is 0.490 e. The predicted octanol–water partition coefficient (Wildman–Crippen LogP) is 9.32. The van der Waals surface area contributed by atoms with Crippen LogP contribution in [0.3, 0.4) is 0 Å². The van der Waals surface area contributed by atoms with Gasteiger partial charge in [-0.2, -0.15) is 0 Å². The molecule has 0 unspecified atom stereocenters. The number of halogens is 2. The van der Waals surface area contributed by atoms with Crippen molar-refractivity contribution in [3.8, 4) is 5.75 Å². The summed E-state index contributed by atoms with van der Waals surface area (Å²) in [6, 6.07) is 3.80. The minimum absolute atomic E-state index is 0.292. The summed E-state index contributed by atoms with van der Waals surface area (Å²) < 4.78 is 20.3. The van der Waals surface area contributed by atoms with Gasteiger partial charge in [-0.25, -0.2) is 4.39 Å². The second kappa shape index (κ2) is 12.3. The smallest absolute Gasteiger partial charge is 0.183 e. The van der Waals surface area contributed by atoms with Gasteiger partial charge in [0.25, 0.3) is 0 Å². The molecule has 3 heteroatoms. The standard InChI is InChI=1S/C27H42ClFO/c1-3-5-7-8-20-9-11-21(12-10-20)22-13-15-23(16-14-22)24-17-18-25(27(29)26(24)28)30-19-6-4-2/h17-18,20-23H,3-16,19H2,1-2H3. The third-order valence-corrected chi connectivity index (χ3v) is 8.20. The van der Waals surface area contributed by atoms with E-state index in [4.69, 9.17) is 16.3 Å². The lowest BCUT2D eigenvalue weighted by atomic mass is 9.68. The first kappa shape index (κ1) is 23.9. The Hall–Kier alpha value is -0.760. The van der Waals surface area contributed by atoms with Gasteiger partial charge >= 0.3 is 0 Å². The van der Waals surface area contributed by atoms with Crippen molar-refractivity contribution in [3.63, 3.8) is 0 Å². The summed E-state index contributed by atoms with van der Waals surface area (Å²) in [6.45, 7) is 4.95. The molecule has 0 heterocycles. The molecule has 1 aromatic carbocycles. The molecular formula is C27H42ClFO. The maximum absolute atomic E-state index is 14.7. The van der Waals surface area contributed by atoms with E-state index in [-0.39, 0.29) is 5.82 Å². The normalized spacial score (nSPS) is 27.2. The fraction of sp³-hybridized carbons (Fsp3) is 0.778. The van der Waals surface area contributed by atoms with Gasteiger partial charge in [0.15, 0.2) is 11.6 Å². The number of ether oxygens (including phenoxy) is 1. The first-order valence-electron chi connectivity index (χ1n) is 12.7. The fourth-order valence-electron chi connectivity index (χ4n) is 5.83. The van der Waals surface area contributed by atoms with Crippen molar-refractivity contribution in [2.24, 2.45) is 17.8 Å². The van der Waals surface area contributed by atoms with Gasteiger partial charge in [-0.1, -0.05) is 76.5 Å². The molecular weight excluding hydrogens is 395 g/mol. The molecule has 2 aliphatic carbocycles. The summed E-state index contributed by atoms with van der Waals surface area (Å²) in [7, 11) is 0. The van der Waals surface area contributed by atoms with Gasteiger partial charge in [0, 0.05) is 0 Å². The highest BCUT2D eigenvalue weighted by Gasteiger charge is 2.32. The summed E-state index contributed by atoms with van der Waals surface area (Å²) in [6.07, 6.45) is 18.2. The van der Waals surface area contributed by atoms with Crippen LogP contribution in [0.1, 0.15) is 115 Å². The summed E-state index contributed by atoms with van der Waals surface area (Å²) in [4.78, 5) is 0. The molecule has 0 saturated heterocycles. The minimum Gasteiger partial charge on any atom is -0.490 e. The van der Waals surface area contributed by atoms with Crippen molar-refractivity contribution in [2.45, 2.75) is 110 Å². The van der Waals surface area contributed by atoms with Crippen molar-refractivity contribution in [2.75, 3.05) is 6.61 Å². The van der Waals surface area contributed by atoms with Gasteiger partial charge in [0.1, 0.15) is 0 Å². The van der Waals surface area contributed by atoms with Crippen molar-refractivity contribution < 1.29 is 9.13 Å². The zero-order chi connectivity index (χ0) is 21.3. The van der Waals surface area contributed by atoms with E-state index in [9.17, 15) is 4.39 Å². The Morgan fingerprint density at radius 2 is 1.50 bits per heavy atom. The highest BCUT2D eigenvalue weighted by molar-refractivity contribution is 6.31. The summed E-state index contributed by atoms with van der Waals surface area (Å²) >= 11 is 6.44. The Bertz CT molecular complexity index is 630. The molecule has 0 radical (unpaired) electrons. The molecule has 0 amide bonds. The van der Waals surface area contributed by atoms with Crippen molar-refractivity contribution in [1.29, 1.82) is 0 Å². The molecule has 0 atom stereocenters. The van der Waals surface area contributed by atoms with E-state index in [2.05, 4.69) is 13.8 Å². The third kappa shape index (κ3) is 6.38. The van der Waals surface area contributed by atoms with E-state index >= 15 is 0 Å². The predicted molar refractivity (Wildman–Crippen MR) is 126 cm³/mol. The van der Waals surface area contributed by atoms with Crippen LogP contribution in [-0.4, -0.2) is 6.61 Å². The summed E-state index contributed by atoms with van der Waals surface area (Å²) in [5.74, 6) is 3.13. The second-order valence-corrected chi connectivity index (χ2v) is 10.2. The lowest BCUT2D eigenvalue weighted by Crippen LogP contribution is -2.25. The SMILES string of the molecule is CCCCCC1CCC(C2CCC(c3ccc(OCCCC)c(F)c3Cl)CC2)CC1. The van der Waals surface area contributed by atoms with E-state index in [1.54, 1.807) is 6.07 Å². The molecule has 0 N–H and O–H groups in total. The zero-order valence-corrected chi connectivity index (χ0v) is 20.0. The van der Waals surface area contributed by atoms with Crippen LogP contribution in [0.2, 0.25) is 5.02 Å². The topological polar surface area (TPSA) is 9.23 Å². The van der Waals surface area contributed by atoms with Crippen LogP contribution >= 0.6 is 11.6 Å². The van der Waals surface area contributed by atoms with Crippen LogP contribution in [0.5, 0.6) is 5.75 Å². The number of hydrogen-bond acceptors (Lipinski definition) is 1. The molecule has 30 heavy (non-hydrogen) atoms. The Morgan fingerprint density at radius 1 is 0.867 bits per heavy atom. The lowest BCUT2D eigenvalue weighted by molar-refractivity contribution is 0.155. The van der Waals surface area contributed by atoms with E-state index < -0.39 is 0 Å². The molecule has 3 rings (SSSR count). The van der Waals surface area contributed by atoms with Crippen LogP contribution in [0.4, 0.5) is 4.39 Å². The molecule has 1 aromatic rings. The Labute approximate surface area is 189 Å². The molecule has 0 spiro atoms. The van der Waals surface area contributed by atoms with Crippen molar-refractivity contribution >= 4 is 11.6 Å². The van der Waals surface area contributed by atoms with Gasteiger partial charge in [-0.15, -0.1) is 0 Å². The van der Waals surface area contributed by atoms with Crippen molar-refractivity contribution in [3.05, 3.63) is 28.5 Å². The van der Waals surface area contributed by atoms with E-state index in [1.165, 1.54) is 64.2 Å². The average Bonchev–Trinajstić information content (AvgIpc) is 2.78. The quantitative estimate of drug-likeness (QED) is 0.332. The summed E-state index contributed by atoms with van der Waals surface area (Å²) in [5, 5.41) is 0.292.